The van der Waals surface area contributed by atoms with E-state index in [9.17, 15) is 17.6 Å². The number of likely N-dealkylation sites (N-methyl/N-ethyl adjacent to an activating group) is 1. The molecule has 13 heteroatoms. The van der Waals surface area contributed by atoms with Crippen LogP contribution in [0, 0.1) is 18.6 Å². The van der Waals surface area contributed by atoms with Crippen LogP contribution in [0.1, 0.15) is 5.82 Å². The summed E-state index contributed by atoms with van der Waals surface area (Å²) in [7, 11) is 2.87. The Bertz CT molecular complexity index is 1430. The maximum atomic E-state index is 15.2. The van der Waals surface area contributed by atoms with E-state index in [1.807, 2.05) is 0 Å². The van der Waals surface area contributed by atoms with Gasteiger partial charge in [-0.25, -0.2) is 31.5 Å². The maximum Gasteiger partial charge on any atom is 0.281 e. The molecule has 8 nitrogen and oxygen atoms in total. The van der Waals surface area contributed by atoms with Crippen molar-refractivity contribution < 1.29 is 26.7 Å². The first-order valence-corrected chi connectivity index (χ1v) is 10.8. The van der Waals surface area contributed by atoms with Crippen molar-refractivity contribution in [2.45, 2.75) is 25.4 Å². The van der Waals surface area contributed by atoms with Crippen LogP contribution in [0.25, 0.3) is 27.7 Å². The lowest BCUT2D eigenvalue weighted by Gasteiger charge is -2.19. The van der Waals surface area contributed by atoms with Gasteiger partial charge >= 0.3 is 0 Å². The lowest BCUT2D eigenvalue weighted by Crippen LogP contribution is -2.38. The number of fused-ring (bicyclic) bond motifs is 2. The summed E-state index contributed by atoms with van der Waals surface area (Å²) in [6.07, 6.45) is 1.03. The second-order valence-corrected chi connectivity index (χ2v) is 8.57. The van der Waals surface area contributed by atoms with Gasteiger partial charge in [0.05, 0.1) is 37.5 Å². The quantitative estimate of drug-likeness (QED) is 0.412. The molecule has 1 saturated heterocycles. The molecule has 0 saturated carbocycles. The Labute approximate surface area is 196 Å². The number of halogens is 5. The number of nitrogens with zero attached hydrogens (tertiary/aromatic N) is 6. The normalized spacial score (nSPS) is 18.1. The molecule has 1 aromatic carbocycles. The molecule has 0 bridgehead atoms. The van der Waals surface area contributed by atoms with Crippen LogP contribution in [0.4, 0.5) is 27.9 Å². The largest absolute Gasteiger partial charge is 0.479 e. The third-order valence-electron chi connectivity index (χ3n) is 6.13. The van der Waals surface area contributed by atoms with Crippen molar-refractivity contribution in [3.63, 3.8) is 0 Å². The Balaban J connectivity index is 1.64. The minimum atomic E-state index is -3.01. The molecule has 4 heterocycles. The number of methoxy groups -OCH3 is 1. The number of likely N-dealkylation sites (tertiary alicyclic amines) is 1. The predicted molar refractivity (Wildman–Crippen MR) is 119 cm³/mol. The first-order valence-electron chi connectivity index (χ1n) is 10.8. The first kappa shape index (κ1) is 23.3. The Morgan fingerprint density at radius 1 is 1.20 bits per heavy atom. The number of imidazole rings is 1. The topological polar surface area (TPSA) is 72.5 Å². The lowest BCUT2D eigenvalue weighted by atomic mass is 10.1. The molecule has 1 atom stereocenters. The van der Waals surface area contributed by atoms with Crippen LogP contribution in [0.2, 0.25) is 0 Å². The van der Waals surface area contributed by atoms with E-state index < -0.39 is 36.8 Å². The minimum absolute atomic E-state index is 0.0351. The number of hydrogen-bond acceptors (Lipinski definition) is 6. The molecule has 1 fully saturated rings. The average Bonchev–Trinajstić information content (AvgIpc) is 3.37. The highest BCUT2D eigenvalue weighted by molar-refractivity contribution is 5.90. The summed E-state index contributed by atoms with van der Waals surface area (Å²) in [4.78, 5) is 9.79. The second kappa shape index (κ2) is 8.33. The molecule has 1 N–H and O–H groups in total. The van der Waals surface area contributed by atoms with E-state index in [0.29, 0.717) is 11.3 Å². The SMILES string of the molecule is COc1nc(N[C@@H]2CN(C)CC2(F)F)nn2cc(F)c(-c3cc(F)c4nc(C)n(CCF)c4c3)c12. The van der Waals surface area contributed by atoms with Gasteiger partial charge in [-0.1, -0.05) is 0 Å². The fourth-order valence-corrected chi connectivity index (χ4v) is 4.60. The Kier molecular flexibility index (Phi) is 5.54. The predicted octanol–water partition coefficient (Wildman–Crippen LogP) is 3.67. The second-order valence-electron chi connectivity index (χ2n) is 8.57. The number of benzene rings is 1. The minimum Gasteiger partial charge on any atom is -0.479 e. The van der Waals surface area contributed by atoms with Crippen LogP contribution in [-0.2, 0) is 6.54 Å². The molecular weight excluding hydrogens is 473 g/mol. The van der Waals surface area contributed by atoms with Crippen molar-refractivity contribution in [3.8, 4) is 17.0 Å². The van der Waals surface area contributed by atoms with E-state index in [1.54, 1.807) is 14.0 Å². The fraction of sp³-hybridized carbons (Fsp3) is 0.409. The van der Waals surface area contributed by atoms with Crippen LogP contribution >= 0.6 is 0 Å². The summed E-state index contributed by atoms with van der Waals surface area (Å²) >= 11 is 0. The van der Waals surface area contributed by atoms with Gasteiger partial charge in [0, 0.05) is 6.54 Å². The van der Waals surface area contributed by atoms with Gasteiger partial charge in [-0.3, -0.25) is 4.90 Å². The lowest BCUT2D eigenvalue weighted by molar-refractivity contribution is 0.00583. The third kappa shape index (κ3) is 3.83. The van der Waals surface area contributed by atoms with Gasteiger partial charge in [0.15, 0.2) is 11.6 Å². The Morgan fingerprint density at radius 3 is 2.63 bits per heavy atom. The molecule has 1 aliphatic rings. The van der Waals surface area contributed by atoms with Crippen molar-refractivity contribution in [1.82, 2.24) is 29.0 Å². The molecule has 3 aromatic heterocycles. The highest BCUT2D eigenvalue weighted by Crippen LogP contribution is 2.37. The number of rotatable bonds is 6. The van der Waals surface area contributed by atoms with E-state index >= 15 is 4.39 Å². The Morgan fingerprint density at radius 2 is 1.97 bits per heavy atom. The summed E-state index contributed by atoms with van der Waals surface area (Å²) in [6, 6.07) is 1.38. The van der Waals surface area contributed by atoms with Gasteiger partial charge in [-0.15, -0.1) is 5.10 Å². The monoisotopic (exact) mass is 495 g/mol. The van der Waals surface area contributed by atoms with Crippen molar-refractivity contribution in [2.24, 2.45) is 0 Å². The number of aromatic nitrogens is 5. The Hall–Kier alpha value is -3.48. The van der Waals surface area contributed by atoms with Crippen LogP contribution < -0.4 is 10.1 Å². The maximum absolute atomic E-state index is 15.2. The first-order chi connectivity index (χ1) is 16.6. The molecule has 0 radical (unpaired) electrons. The molecule has 35 heavy (non-hydrogen) atoms. The number of alkyl halides is 3. The number of hydrogen-bond donors (Lipinski definition) is 1. The summed E-state index contributed by atoms with van der Waals surface area (Å²) in [5, 5.41) is 6.75. The number of anilines is 1. The van der Waals surface area contributed by atoms with Gasteiger partial charge in [0.1, 0.15) is 29.6 Å². The van der Waals surface area contributed by atoms with Gasteiger partial charge < -0.3 is 14.6 Å². The molecule has 4 aromatic rings. The molecule has 0 unspecified atom stereocenters. The number of nitrogens with one attached hydrogen (secondary N) is 1. The van der Waals surface area contributed by atoms with Gasteiger partial charge in [0.2, 0.25) is 11.8 Å². The van der Waals surface area contributed by atoms with E-state index in [2.05, 4.69) is 20.4 Å². The fourth-order valence-electron chi connectivity index (χ4n) is 4.60. The standard InChI is InChI=1S/C22H22F5N7O/c1-11-28-18-13(24)6-12(7-15(18)33(11)5-4-23)17-14(25)8-34-19(17)20(35-3)30-21(31-34)29-16-9-32(2)10-22(16,26)27/h6-8,16H,4-5,9-10H2,1-3H3,(H,29,31)/t16-/m1/s1. The summed E-state index contributed by atoms with van der Waals surface area (Å²) < 4.78 is 79.7. The van der Waals surface area contributed by atoms with Crippen molar-refractivity contribution >= 4 is 22.5 Å². The van der Waals surface area contributed by atoms with E-state index in [4.69, 9.17) is 4.74 Å². The molecule has 0 amide bonds. The zero-order valence-electron chi connectivity index (χ0n) is 19.1. The summed E-state index contributed by atoms with van der Waals surface area (Å²) in [6.45, 7) is 0.549. The summed E-state index contributed by atoms with van der Waals surface area (Å²) in [5.41, 5.74) is 0.519. The zero-order valence-corrected chi connectivity index (χ0v) is 19.1. The molecule has 186 valence electrons. The van der Waals surface area contributed by atoms with Crippen LogP contribution in [0.3, 0.4) is 0 Å². The van der Waals surface area contributed by atoms with Gasteiger partial charge in [-0.2, -0.15) is 4.98 Å². The van der Waals surface area contributed by atoms with Gasteiger partial charge in [-0.05, 0) is 31.7 Å². The van der Waals surface area contributed by atoms with Crippen LogP contribution in [0.5, 0.6) is 5.88 Å². The van der Waals surface area contributed by atoms with Crippen LogP contribution in [0.15, 0.2) is 18.3 Å². The number of aryl methyl sites for hydroxylation is 2. The smallest absolute Gasteiger partial charge is 0.281 e. The van der Waals surface area contributed by atoms with Crippen molar-refractivity contribution in [3.05, 3.63) is 35.8 Å². The third-order valence-corrected chi connectivity index (χ3v) is 6.13. The molecule has 0 aliphatic carbocycles. The highest BCUT2D eigenvalue weighted by atomic mass is 19.3. The average molecular weight is 495 g/mol. The zero-order chi connectivity index (χ0) is 25.1. The molecule has 5 rings (SSSR count). The van der Waals surface area contributed by atoms with Crippen LogP contribution in [-0.4, -0.2) is 74.9 Å². The molecule has 0 spiro atoms. The summed E-state index contributed by atoms with van der Waals surface area (Å²) in [5.74, 6) is -4.32. The van der Waals surface area contributed by atoms with Gasteiger partial charge in [0.25, 0.3) is 5.92 Å². The van der Waals surface area contributed by atoms with E-state index in [-0.39, 0.29) is 47.1 Å². The molecular formula is C22H22F5N7O. The molecule has 1 aliphatic heterocycles. The number of ether oxygens (including phenoxy) is 1. The van der Waals surface area contributed by atoms with Crippen molar-refractivity contribution in [1.29, 1.82) is 0 Å². The van der Waals surface area contributed by atoms with E-state index in [1.165, 1.54) is 22.6 Å². The van der Waals surface area contributed by atoms with Crippen molar-refractivity contribution in [2.75, 3.05) is 39.2 Å². The highest BCUT2D eigenvalue weighted by Gasteiger charge is 2.47. The van der Waals surface area contributed by atoms with E-state index in [0.717, 1.165) is 16.8 Å².